The molecule has 3 nitrogen and oxygen atoms in total. The number of pyridine rings is 1. The van der Waals surface area contributed by atoms with E-state index in [2.05, 4.69) is 36.1 Å². The van der Waals surface area contributed by atoms with Crippen LogP contribution >= 0.6 is 0 Å². The van der Waals surface area contributed by atoms with Crippen molar-refractivity contribution in [3.63, 3.8) is 0 Å². The summed E-state index contributed by atoms with van der Waals surface area (Å²) < 4.78 is 0. The van der Waals surface area contributed by atoms with Gasteiger partial charge < -0.3 is 10.2 Å². The van der Waals surface area contributed by atoms with E-state index in [1.807, 2.05) is 25.2 Å². The summed E-state index contributed by atoms with van der Waals surface area (Å²) in [5.74, 6) is 2.59. The molecule has 0 aliphatic carbocycles. The van der Waals surface area contributed by atoms with Crippen LogP contribution in [-0.4, -0.2) is 25.6 Å². The third kappa shape index (κ3) is 2.91. The molecule has 14 heavy (non-hydrogen) atoms. The van der Waals surface area contributed by atoms with Crippen molar-refractivity contribution < 1.29 is 0 Å². The first-order chi connectivity index (χ1) is 6.63. The first kappa shape index (κ1) is 10.8. The molecule has 0 aliphatic rings. The van der Waals surface area contributed by atoms with Crippen molar-refractivity contribution in [3.8, 4) is 0 Å². The van der Waals surface area contributed by atoms with Gasteiger partial charge in [-0.2, -0.15) is 0 Å². The Kier molecular flexibility index (Phi) is 3.74. The standard InChI is InChI=1S/C11H19N3/c1-9(2)8-14(4)11-7-5-6-10(12-3)13-11/h5-7,9H,8H2,1-4H3,(H,12,13). The molecule has 1 heterocycles. The summed E-state index contributed by atoms with van der Waals surface area (Å²) in [4.78, 5) is 6.63. The Balaban J connectivity index is 2.73. The molecule has 0 aromatic carbocycles. The average Bonchev–Trinajstić information content (AvgIpc) is 2.17. The van der Waals surface area contributed by atoms with Gasteiger partial charge in [0.25, 0.3) is 0 Å². The molecule has 1 aromatic rings. The highest BCUT2D eigenvalue weighted by molar-refractivity contribution is 5.46. The van der Waals surface area contributed by atoms with E-state index in [-0.39, 0.29) is 0 Å². The minimum absolute atomic E-state index is 0.653. The lowest BCUT2D eigenvalue weighted by molar-refractivity contribution is 0.635. The summed E-state index contributed by atoms with van der Waals surface area (Å²) in [5.41, 5.74) is 0. The van der Waals surface area contributed by atoms with Crippen LogP contribution in [0.1, 0.15) is 13.8 Å². The Morgan fingerprint density at radius 3 is 2.71 bits per heavy atom. The predicted octanol–water partition coefficient (Wildman–Crippen LogP) is 2.22. The highest BCUT2D eigenvalue weighted by Gasteiger charge is 2.04. The highest BCUT2D eigenvalue weighted by Crippen LogP contribution is 2.13. The molecule has 0 aliphatic heterocycles. The van der Waals surface area contributed by atoms with Crippen molar-refractivity contribution in [3.05, 3.63) is 18.2 Å². The molecule has 0 atom stereocenters. The molecule has 3 heteroatoms. The van der Waals surface area contributed by atoms with Gasteiger partial charge in [0.2, 0.25) is 0 Å². The summed E-state index contributed by atoms with van der Waals surface area (Å²) in [6.07, 6.45) is 0. The van der Waals surface area contributed by atoms with Gasteiger partial charge in [0, 0.05) is 20.6 Å². The fraction of sp³-hybridized carbons (Fsp3) is 0.545. The fourth-order valence-corrected chi connectivity index (χ4v) is 1.42. The molecular formula is C11H19N3. The first-order valence-electron chi connectivity index (χ1n) is 4.99. The van der Waals surface area contributed by atoms with E-state index in [1.165, 1.54) is 0 Å². The van der Waals surface area contributed by atoms with Crippen molar-refractivity contribution in [1.82, 2.24) is 4.98 Å². The van der Waals surface area contributed by atoms with Gasteiger partial charge in [-0.15, -0.1) is 0 Å². The quantitative estimate of drug-likeness (QED) is 0.794. The maximum Gasteiger partial charge on any atom is 0.130 e. The van der Waals surface area contributed by atoms with Crippen molar-refractivity contribution in [1.29, 1.82) is 0 Å². The summed E-state index contributed by atoms with van der Waals surface area (Å²) in [6, 6.07) is 6.01. The first-order valence-corrected chi connectivity index (χ1v) is 4.99. The summed E-state index contributed by atoms with van der Waals surface area (Å²) in [7, 11) is 3.95. The lowest BCUT2D eigenvalue weighted by Gasteiger charge is -2.20. The van der Waals surface area contributed by atoms with Crippen molar-refractivity contribution in [2.45, 2.75) is 13.8 Å². The van der Waals surface area contributed by atoms with E-state index in [4.69, 9.17) is 0 Å². The summed E-state index contributed by atoms with van der Waals surface area (Å²) in [6.45, 7) is 5.44. The van der Waals surface area contributed by atoms with Crippen molar-refractivity contribution in [2.75, 3.05) is 30.9 Å². The molecule has 0 saturated heterocycles. The van der Waals surface area contributed by atoms with Crippen LogP contribution in [0.3, 0.4) is 0 Å². The molecule has 0 fully saturated rings. The molecule has 1 aromatic heterocycles. The van der Waals surface area contributed by atoms with Crippen LogP contribution in [0.5, 0.6) is 0 Å². The lowest BCUT2D eigenvalue weighted by Crippen LogP contribution is -2.23. The molecule has 0 unspecified atom stereocenters. The third-order valence-electron chi connectivity index (χ3n) is 2.02. The van der Waals surface area contributed by atoms with Crippen LogP contribution in [-0.2, 0) is 0 Å². The number of nitrogens with zero attached hydrogens (tertiary/aromatic N) is 2. The number of rotatable bonds is 4. The van der Waals surface area contributed by atoms with Crippen molar-refractivity contribution in [2.24, 2.45) is 5.92 Å². The maximum atomic E-state index is 4.46. The van der Waals surface area contributed by atoms with E-state index in [9.17, 15) is 0 Å². The second-order valence-corrected chi connectivity index (χ2v) is 3.91. The second-order valence-electron chi connectivity index (χ2n) is 3.91. The van der Waals surface area contributed by atoms with Crippen LogP contribution in [0.4, 0.5) is 11.6 Å². The number of hydrogen-bond acceptors (Lipinski definition) is 3. The molecule has 1 N–H and O–H groups in total. The SMILES string of the molecule is CNc1cccc(N(C)CC(C)C)n1. The van der Waals surface area contributed by atoms with Crippen LogP contribution < -0.4 is 10.2 Å². The lowest BCUT2D eigenvalue weighted by atomic mass is 10.2. The average molecular weight is 193 g/mol. The maximum absolute atomic E-state index is 4.46. The Hall–Kier alpha value is -1.25. The van der Waals surface area contributed by atoms with Gasteiger partial charge in [0.1, 0.15) is 11.6 Å². The molecule has 78 valence electrons. The van der Waals surface area contributed by atoms with Crippen LogP contribution in [0.25, 0.3) is 0 Å². The van der Waals surface area contributed by atoms with Crippen LogP contribution in [0.2, 0.25) is 0 Å². The Morgan fingerprint density at radius 1 is 1.43 bits per heavy atom. The Morgan fingerprint density at radius 2 is 2.14 bits per heavy atom. The van der Waals surface area contributed by atoms with Crippen LogP contribution in [0, 0.1) is 5.92 Å². The molecule has 0 amide bonds. The highest BCUT2D eigenvalue weighted by atomic mass is 15.2. The zero-order valence-corrected chi connectivity index (χ0v) is 9.41. The minimum Gasteiger partial charge on any atom is -0.373 e. The third-order valence-corrected chi connectivity index (χ3v) is 2.02. The molecule has 1 rings (SSSR count). The monoisotopic (exact) mass is 193 g/mol. The molecule has 0 saturated carbocycles. The normalized spacial score (nSPS) is 10.4. The smallest absolute Gasteiger partial charge is 0.130 e. The minimum atomic E-state index is 0.653. The largest absolute Gasteiger partial charge is 0.373 e. The summed E-state index contributed by atoms with van der Waals surface area (Å²) >= 11 is 0. The summed E-state index contributed by atoms with van der Waals surface area (Å²) in [5, 5.41) is 3.04. The van der Waals surface area contributed by atoms with Crippen LogP contribution in [0.15, 0.2) is 18.2 Å². The predicted molar refractivity (Wildman–Crippen MR) is 61.9 cm³/mol. The number of hydrogen-bond donors (Lipinski definition) is 1. The zero-order chi connectivity index (χ0) is 10.6. The van der Waals surface area contributed by atoms with E-state index in [0.717, 1.165) is 18.2 Å². The molecular weight excluding hydrogens is 174 g/mol. The number of aromatic nitrogens is 1. The van der Waals surface area contributed by atoms with Crippen molar-refractivity contribution >= 4 is 11.6 Å². The van der Waals surface area contributed by atoms with Gasteiger partial charge in [0.05, 0.1) is 0 Å². The number of nitrogens with one attached hydrogen (secondary N) is 1. The van der Waals surface area contributed by atoms with Gasteiger partial charge >= 0.3 is 0 Å². The molecule has 0 radical (unpaired) electrons. The van der Waals surface area contributed by atoms with Gasteiger partial charge in [-0.05, 0) is 18.1 Å². The van der Waals surface area contributed by atoms with E-state index >= 15 is 0 Å². The molecule has 0 spiro atoms. The fourth-order valence-electron chi connectivity index (χ4n) is 1.42. The van der Waals surface area contributed by atoms with E-state index in [1.54, 1.807) is 0 Å². The number of anilines is 2. The Bertz CT molecular complexity index is 284. The van der Waals surface area contributed by atoms with Gasteiger partial charge in [-0.3, -0.25) is 0 Å². The molecule has 0 bridgehead atoms. The second kappa shape index (κ2) is 4.84. The topological polar surface area (TPSA) is 28.2 Å². The Labute approximate surface area is 86.2 Å². The van der Waals surface area contributed by atoms with E-state index in [0.29, 0.717) is 5.92 Å². The van der Waals surface area contributed by atoms with E-state index < -0.39 is 0 Å². The van der Waals surface area contributed by atoms with Gasteiger partial charge in [0.15, 0.2) is 0 Å². The van der Waals surface area contributed by atoms with Gasteiger partial charge in [-0.25, -0.2) is 4.98 Å². The zero-order valence-electron chi connectivity index (χ0n) is 9.41. The van der Waals surface area contributed by atoms with Gasteiger partial charge in [-0.1, -0.05) is 19.9 Å².